The van der Waals surface area contributed by atoms with Crippen LogP contribution in [0.3, 0.4) is 0 Å². The first-order chi connectivity index (χ1) is 13.5. The second kappa shape index (κ2) is 7.15. The Morgan fingerprint density at radius 1 is 1.14 bits per heavy atom. The van der Waals surface area contributed by atoms with Gasteiger partial charge in [-0.15, -0.1) is 0 Å². The molecule has 144 valence electrons. The molecule has 0 aliphatic heterocycles. The summed E-state index contributed by atoms with van der Waals surface area (Å²) < 4.78 is 19.9. The summed E-state index contributed by atoms with van der Waals surface area (Å²) in [6.07, 6.45) is 1.80. The minimum atomic E-state index is -0.301. The van der Waals surface area contributed by atoms with Crippen LogP contribution in [-0.2, 0) is 0 Å². The van der Waals surface area contributed by atoms with Crippen molar-refractivity contribution in [2.24, 2.45) is 0 Å². The van der Waals surface area contributed by atoms with Gasteiger partial charge in [0.2, 0.25) is 0 Å². The molecule has 28 heavy (non-hydrogen) atoms. The molecule has 5 heteroatoms. The number of hydrogen-bond donors (Lipinski definition) is 1. The number of fused-ring (bicyclic) bond motifs is 3. The van der Waals surface area contributed by atoms with Gasteiger partial charge in [0.25, 0.3) is 0 Å². The lowest BCUT2D eigenvalue weighted by Gasteiger charge is -2.27. The van der Waals surface area contributed by atoms with E-state index >= 15 is 0 Å². The lowest BCUT2D eigenvalue weighted by Crippen LogP contribution is -2.21. The van der Waals surface area contributed by atoms with Crippen molar-refractivity contribution >= 4 is 39.1 Å². The summed E-state index contributed by atoms with van der Waals surface area (Å²) in [6.45, 7) is 9.08. The molecule has 4 aromatic rings. The molecule has 4 nitrogen and oxygen atoms in total. The van der Waals surface area contributed by atoms with Gasteiger partial charge in [-0.25, -0.2) is 9.37 Å². The fraction of sp³-hybridized carbons (Fsp3) is 0.261. The lowest BCUT2D eigenvalue weighted by atomic mass is 10.1. The SMILES string of the molecule is CCN(c1ncccc1NC(C)C)c1c(C)ccc2c1oc1cc(F)ccc12. The van der Waals surface area contributed by atoms with Crippen molar-refractivity contribution in [2.45, 2.75) is 33.7 Å². The highest BCUT2D eigenvalue weighted by Gasteiger charge is 2.21. The zero-order valence-electron chi connectivity index (χ0n) is 16.6. The first-order valence-electron chi connectivity index (χ1n) is 9.60. The minimum Gasteiger partial charge on any atom is -0.454 e. The Labute approximate surface area is 164 Å². The zero-order chi connectivity index (χ0) is 19.8. The fourth-order valence-corrected chi connectivity index (χ4v) is 3.68. The number of aromatic nitrogens is 1. The third-order valence-electron chi connectivity index (χ3n) is 4.85. The molecular weight excluding hydrogens is 353 g/mol. The van der Waals surface area contributed by atoms with Crippen LogP contribution in [0.1, 0.15) is 26.3 Å². The van der Waals surface area contributed by atoms with E-state index in [9.17, 15) is 4.39 Å². The summed E-state index contributed by atoms with van der Waals surface area (Å²) in [4.78, 5) is 6.81. The van der Waals surface area contributed by atoms with E-state index in [0.717, 1.165) is 45.7 Å². The van der Waals surface area contributed by atoms with Crippen LogP contribution in [0.5, 0.6) is 0 Å². The number of aryl methyl sites for hydroxylation is 1. The number of nitrogens with one attached hydrogen (secondary N) is 1. The van der Waals surface area contributed by atoms with E-state index in [1.807, 2.05) is 18.2 Å². The molecule has 0 radical (unpaired) electrons. The normalized spacial score (nSPS) is 11.5. The summed E-state index contributed by atoms with van der Waals surface area (Å²) in [7, 11) is 0. The maximum atomic E-state index is 13.7. The maximum absolute atomic E-state index is 13.7. The molecule has 2 aromatic heterocycles. The van der Waals surface area contributed by atoms with Gasteiger partial charge in [-0.1, -0.05) is 12.1 Å². The van der Waals surface area contributed by atoms with E-state index in [4.69, 9.17) is 4.42 Å². The molecule has 0 saturated carbocycles. The van der Waals surface area contributed by atoms with Crippen LogP contribution in [0.2, 0.25) is 0 Å². The number of nitrogens with zero attached hydrogens (tertiary/aromatic N) is 2. The van der Waals surface area contributed by atoms with Crippen molar-refractivity contribution in [3.63, 3.8) is 0 Å². The van der Waals surface area contributed by atoms with Gasteiger partial charge in [-0.3, -0.25) is 0 Å². The highest BCUT2D eigenvalue weighted by atomic mass is 19.1. The molecule has 0 fully saturated rings. The number of furan rings is 1. The molecule has 2 heterocycles. The Balaban J connectivity index is 1.97. The van der Waals surface area contributed by atoms with Gasteiger partial charge < -0.3 is 14.6 Å². The first-order valence-corrected chi connectivity index (χ1v) is 9.60. The average Bonchev–Trinajstić information content (AvgIpc) is 3.02. The molecule has 0 aliphatic carbocycles. The number of hydrogen-bond acceptors (Lipinski definition) is 4. The number of anilines is 3. The Morgan fingerprint density at radius 2 is 1.93 bits per heavy atom. The Hall–Kier alpha value is -3.08. The van der Waals surface area contributed by atoms with Gasteiger partial charge in [0, 0.05) is 35.6 Å². The van der Waals surface area contributed by atoms with Crippen molar-refractivity contribution in [2.75, 3.05) is 16.8 Å². The molecule has 0 saturated heterocycles. The van der Waals surface area contributed by atoms with Crippen LogP contribution in [0.4, 0.5) is 21.6 Å². The van der Waals surface area contributed by atoms with Crippen molar-refractivity contribution in [1.29, 1.82) is 0 Å². The van der Waals surface area contributed by atoms with Gasteiger partial charge in [0.1, 0.15) is 11.4 Å². The number of halogens is 1. The zero-order valence-corrected chi connectivity index (χ0v) is 16.6. The number of rotatable bonds is 5. The van der Waals surface area contributed by atoms with Gasteiger partial charge in [-0.2, -0.15) is 0 Å². The summed E-state index contributed by atoms with van der Waals surface area (Å²) in [6, 6.07) is 13.1. The van der Waals surface area contributed by atoms with Crippen LogP contribution < -0.4 is 10.2 Å². The van der Waals surface area contributed by atoms with E-state index in [0.29, 0.717) is 5.58 Å². The van der Waals surface area contributed by atoms with Gasteiger partial charge in [-0.05, 0) is 57.5 Å². The molecule has 0 aliphatic rings. The van der Waals surface area contributed by atoms with E-state index in [1.54, 1.807) is 12.3 Å². The predicted octanol–water partition coefficient (Wildman–Crippen LogP) is 6.41. The standard InChI is InChI=1S/C23H24FN3O/c1-5-27(23-19(26-14(2)3)7-6-12-25-23)21-15(4)8-10-18-17-11-9-16(24)13-20(17)28-22(18)21/h6-14,26H,5H2,1-4H3. The van der Waals surface area contributed by atoms with E-state index in [2.05, 4.69) is 49.0 Å². The Bertz CT molecular complexity index is 1150. The van der Waals surface area contributed by atoms with Crippen molar-refractivity contribution < 1.29 is 8.81 Å². The Morgan fingerprint density at radius 3 is 2.68 bits per heavy atom. The molecule has 0 amide bonds. The Kier molecular flexibility index (Phi) is 4.67. The quantitative estimate of drug-likeness (QED) is 0.436. The molecule has 0 bridgehead atoms. The third-order valence-corrected chi connectivity index (χ3v) is 4.85. The summed E-state index contributed by atoms with van der Waals surface area (Å²) in [5, 5.41) is 5.36. The van der Waals surface area contributed by atoms with Crippen LogP contribution >= 0.6 is 0 Å². The monoisotopic (exact) mass is 377 g/mol. The summed E-state index contributed by atoms with van der Waals surface area (Å²) in [5.74, 6) is 0.547. The third kappa shape index (κ3) is 3.07. The van der Waals surface area contributed by atoms with Crippen molar-refractivity contribution in [3.05, 3.63) is 60.0 Å². The predicted molar refractivity (Wildman–Crippen MR) is 114 cm³/mol. The van der Waals surface area contributed by atoms with E-state index in [1.165, 1.54) is 12.1 Å². The summed E-state index contributed by atoms with van der Waals surface area (Å²) >= 11 is 0. The highest BCUT2D eigenvalue weighted by Crippen LogP contribution is 2.41. The molecule has 1 N–H and O–H groups in total. The maximum Gasteiger partial charge on any atom is 0.159 e. The number of pyridine rings is 1. The minimum absolute atomic E-state index is 0.285. The van der Waals surface area contributed by atoms with Gasteiger partial charge in [0.15, 0.2) is 11.4 Å². The van der Waals surface area contributed by atoms with E-state index in [-0.39, 0.29) is 11.9 Å². The van der Waals surface area contributed by atoms with Gasteiger partial charge in [0.05, 0.1) is 11.4 Å². The first kappa shape index (κ1) is 18.3. The van der Waals surface area contributed by atoms with Crippen LogP contribution in [-0.4, -0.2) is 17.6 Å². The molecule has 2 aromatic carbocycles. The lowest BCUT2D eigenvalue weighted by molar-refractivity contribution is 0.618. The molecule has 0 unspecified atom stereocenters. The highest BCUT2D eigenvalue weighted by molar-refractivity contribution is 6.10. The average molecular weight is 377 g/mol. The smallest absolute Gasteiger partial charge is 0.159 e. The van der Waals surface area contributed by atoms with Crippen molar-refractivity contribution in [1.82, 2.24) is 4.98 Å². The second-order valence-corrected chi connectivity index (χ2v) is 7.27. The number of benzene rings is 2. The van der Waals surface area contributed by atoms with Crippen molar-refractivity contribution in [3.8, 4) is 0 Å². The topological polar surface area (TPSA) is 41.3 Å². The molecule has 4 rings (SSSR count). The van der Waals surface area contributed by atoms with Crippen LogP contribution in [0.15, 0.2) is 53.1 Å². The van der Waals surface area contributed by atoms with Crippen LogP contribution in [0, 0.1) is 12.7 Å². The second-order valence-electron chi connectivity index (χ2n) is 7.27. The fourth-order valence-electron chi connectivity index (χ4n) is 3.68. The largest absolute Gasteiger partial charge is 0.454 e. The molecule has 0 atom stereocenters. The van der Waals surface area contributed by atoms with Gasteiger partial charge >= 0.3 is 0 Å². The van der Waals surface area contributed by atoms with E-state index < -0.39 is 0 Å². The van der Waals surface area contributed by atoms with Crippen LogP contribution in [0.25, 0.3) is 21.9 Å². The summed E-state index contributed by atoms with van der Waals surface area (Å²) in [5.41, 5.74) is 4.32. The molecular formula is C23H24FN3O. The molecule has 0 spiro atoms.